The minimum Gasteiger partial charge on any atom is -0.462 e. The lowest BCUT2D eigenvalue weighted by molar-refractivity contribution is -0.160. The first-order chi connectivity index (χ1) is 37.2. The fourth-order valence-electron chi connectivity index (χ4n) is 7.52. The molecule has 0 aromatic carbocycles. The quantitative estimate of drug-likeness (QED) is 0.0197. The molecule has 0 aliphatic heterocycles. The average Bonchev–Trinajstić information content (AvgIpc) is 3.41. The van der Waals surface area contributed by atoms with E-state index in [1.165, 1.54) is 70.6 Å². The number of aliphatic hydroxyl groups is 1. The zero-order chi connectivity index (χ0) is 55.5. The summed E-state index contributed by atoms with van der Waals surface area (Å²) < 4.78 is 39.4. The minimum atomic E-state index is -4.79. The van der Waals surface area contributed by atoms with Crippen LogP contribution < -0.4 is 0 Å². The van der Waals surface area contributed by atoms with Gasteiger partial charge in [-0.1, -0.05) is 239 Å². The Hall–Kier alpha value is -4.12. The van der Waals surface area contributed by atoms with Gasteiger partial charge >= 0.3 is 25.7 Å². The molecule has 0 aromatic rings. The van der Waals surface area contributed by atoms with Crippen molar-refractivity contribution in [3.8, 4) is 0 Å². The van der Waals surface area contributed by atoms with Gasteiger partial charge in [-0.25, -0.2) is 4.57 Å². The van der Waals surface area contributed by atoms with E-state index in [1.54, 1.807) is 6.08 Å². The molecule has 0 amide bonds. The molecule has 0 fully saturated rings. The molecule has 76 heavy (non-hydrogen) atoms. The summed E-state index contributed by atoms with van der Waals surface area (Å²) in [6.07, 6.45) is 70.4. The van der Waals surface area contributed by atoms with Gasteiger partial charge in [0.15, 0.2) is 6.10 Å². The van der Waals surface area contributed by atoms with Crippen LogP contribution in [0.2, 0.25) is 0 Å². The second-order valence-corrected chi connectivity index (χ2v) is 20.5. The molecule has 11 nitrogen and oxygen atoms in total. The molecular weight excluding hydrogens is 976 g/mol. The smallest absolute Gasteiger partial charge is 0.462 e. The summed E-state index contributed by atoms with van der Waals surface area (Å²) in [5.74, 6) is -1.66. The first kappa shape index (κ1) is 71.9. The summed E-state index contributed by atoms with van der Waals surface area (Å²) in [7, 11) is -4.79. The molecule has 0 saturated heterocycles. The summed E-state index contributed by atoms with van der Waals surface area (Å²) in [5, 5.41) is 9.82. The van der Waals surface area contributed by atoms with Crippen molar-refractivity contribution < 1.29 is 52.2 Å². The minimum absolute atomic E-state index is 0.0773. The van der Waals surface area contributed by atoms with Crippen LogP contribution in [0, 0.1) is 0 Å². The van der Waals surface area contributed by atoms with E-state index in [0.717, 1.165) is 96.3 Å². The zero-order valence-electron chi connectivity index (χ0n) is 47.7. The third-order valence-corrected chi connectivity index (χ3v) is 12.9. The number of esters is 3. The average molecular weight is 1080 g/mol. The molecule has 0 bridgehead atoms. The largest absolute Gasteiger partial charge is 0.472 e. The number of hydrogen-bond acceptors (Lipinski definition) is 10. The number of rotatable bonds is 53. The van der Waals surface area contributed by atoms with Gasteiger partial charge in [-0.15, -0.1) is 0 Å². The van der Waals surface area contributed by atoms with Gasteiger partial charge in [0, 0.05) is 12.8 Å². The fraction of sp³-hybridized carbons (Fsp3) is 0.641. The maximum atomic E-state index is 12.9. The Labute approximate surface area is 462 Å². The Morgan fingerprint density at radius 1 is 0.395 bits per heavy atom. The number of ether oxygens (including phenoxy) is 3. The van der Waals surface area contributed by atoms with Crippen molar-refractivity contribution in [1.29, 1.82) is 0 Å². The molecule has 0 aliphatic rings. The molecule has 0 aliphatic carbocycles. The Bertz CT molecular complexity index is 1740. The van der Waals surface area contributed by atoms with E-state index in [-0.39, 0.29) is 19.3 Å². The van der Waals surface area contributed by atoms with E-state index < -0.39 is 64.4 Å². The van der Waals surface area contributed by atoms with E-state index in [2.05, 4.69) is 118 Å². The maximum Gasteiger partial charge on any atom is 0.472 e. The van der Waals surface area contributed by atoms with Crippen molar-refractivity contribution >= 4 is 25.7 Å². The topological polar surface area (TPSA) is 155 Å². The van der Waals surface area contributed by atoms with Crippen molar-refractivity contribution in [3.63, 3.8) is 0 Å². The van der Waals surface area contributed by atoms with Crippen LogP contribution in [0.3, 0.4) is 0 Å². The highest BCUT2D eigenvalue weighted by atomic mass is 31.2. The Morgan fingerprint density at radius 3 is 1.16 bits per heavy atom. The third kappa shape index (κ3) is 54.7. The number of aliphatic hydroxyl groups excluding tert-OH is 1. The van der Waals surface area contributed by atoms with Crippen LogP contribution in [-0.4, -0.2) is 66.5 Å². The first-order valence-electron chi connectivity index (χ1n) is 29.4. The summed E-state index contributed by atoms with van der Waals surface area (Å²) in [4.78, 5) is 48.5. The molecule has 12 heteroatoms. The van der Waals surface area contributed by atoms with Gasteiger partial charge in [0.05, 0.1) is 26.2 Å². The predicted molar refractivity (Wildman–Crippen MR) is 316 cm³/mol. The normalized spacial score (nSPS) is 14.2. The van der Waals surface area contributed by atoms with E-state index in [9.17, 15) is 28.9 Å². The van der Waals surface area contributed by atoms with Gasteiger partial charge in [0.1, 0.15) is 12.7 Å². The lowest BCUT2D eigenvalue weighted by Crippen LogP contribution is -2.30. The Kier molecular flexibility index (Phi) is 54.0. The molecule has 2 N–H and O–H groups in total. The van der Waals surface area contributed by atoms with Crippen LogP contribution >= 0.6 is 7.82 Å². The molecule has 0 rings (SSSR count). The summed E-state index contributed by atoms with van der Waals surface area (Å²) in [6, 6.07) is 0. The molecule has 0 spiro atoms. The van der Waals surface area contributed by atoms with Crippen molar-refractivity contribution in [1.82, 2.24) is 0 Å². The molecule has 0 saturated carbocycles. The van der Waals surface area contributed by atoms with E-state index in [0.29, 0.717) is 19.3 Å². The van der Waals surface area contributed by atoms with Crippen LogP contribution in [0.4, 0.5) is 0 Å². The van der Waals surface area contributed by atoms with Gasteiger partial charge in [0.2, 0.25) is 0 Å². The summed E-state index contributed by atoms with van der Waals surface area (Å²) in [5.41, 5.74) is 0. The lowest BCUT2D eigenvalue weighted by atomic mass is 10.0. The number of allylic oxidation sites excluding steroid dienone is 19. The van der Waals surface area contributed by atoms with Crippen LogP contribution in [-0.2, 0) is 42.2 Å². The number of carbonyl (C=O) groups is 3. The fourth-order valence-corrected chi connectivity index (χ4v) is 8.30. The second-order valence-electron chi connectivity index (χ2n) is 19.1. The van der Waals surface area contributed by atoms with Gasteiger partial charge in [-0.3, -0.25) is 23.4 Å². The second kappa shape index (κ2) is 57.1. The van der Waals surface area contributed by atoms with Crippen LogP contribution in [0.5, 0.6) is 0 Å². The number of hydrogen-bond donors (Lipinski definition) is 2. The highest BCUT2D eigenvalue weighted by Gasteiger charge is 2.28. The molecule has 0 radical (unpaired) electrons. The van der Waals surface area contributed by atoms with Crippen molar-refractivity contribution in [2.45, 2.75) is 238 Å². The van der Waals surface area contributed by atoms with Crippen LogP contribution in [0.1, 0.15) is 226 Å². The highest BCUT2D eigenvalue weighted by molar-refractivity contribution is 7.47. The highest BCUT2D eigenvalue weighted by Crippen LogP contribution is 2.43. The third-order valence-electron chi connectivity index (χ3n) is 11.9. The van der Waals surface area contributed by atoms with Gasteiger partial charge < -0.3 is 24.2 Å². The number of phosphoric acid groups is 1. The number of carbonyl (C=O) groups excluding carboxylic acids is 3. The molecule has 0 aromatic heterocycles. The molecule has 3 atom stereocenters. The first-order valence-corrected chi connectivity index (χ1v) is 30.9. The molecule has 432 valence electrons. The molecular formula is C64H105O11P. The lowest BCUT2D eigenvalue weighted by Gasteiger charge is -2.21. The van der Waals surface area contributed by atoms with E-state index in [1.807, 2.05) is 18.2 Å². The van der Waals surface area contributed by atoms with Gasteiger partial charge in [0.25, 0.3) is 0 Å². The summed E-state index contributed by atoms with van der Waals surface area (Å²) >= 11 is 0. The van der Waals surface area contributed by atoms with Crippen molar-refractivity contribution in [2.24, 2.45) is 0 Å². The van der Waals surface area contributed by atoms with Crippen molar-refractivity contribution in [3.05, 3.63) is 122 Å². The zero-order valence-corrected chi connectivity index (χ0v) is 48.6. The summed E-state index contributed by atoms with van der Waals surface area (Å²) in [6.45, 7) is 4.27. The Morgan fingerprint density at radius 2 is 0.737 bits per heavy atom. The van der Waals surface area contributed by atoms with Crippen molar-refractivity contribution in [2.75, 3.05) is 26.4 Å². The molecule has 3 unspecified atom stereocenters. The predicted octanol–water partition coefficient (Wildman–Crippen LogP) is 17.6. The SMILES string of the molecule is CC/C=C\C/C=C\C/C=C\C/C=C\C/C=C\CCCCCC(=O)OCC(COP(=O)(O)OCC(CO)OC(=O)CCCCCCCCCCCCCCCCC)OC(=O)C/C=C\C/C=C\C/C=C\C/C=C\C/C=C\CC. The van der Waals surface area contributed by atoms with Gasteiger partial charge in [-0.05, 0) is 89.9 Å². The number of unbranched alkanes of at least 4 members (excludes halogenated alkanes) is 17. The maximum absolute atomic E-state index is 12.9. The van der Waals surface area contributed by atoms with Crippen LogP contribution in [0.15, 0.2) is 122 Å². The van der Waals surface area contributed by atoms with Gasteiger partial charge in [-0.2, -0.15) is 0 Å². The Balaban J connectivity index is 4.86. The molecule has 0 heterocycles. The van der Waals surface area contributed by atoms with E-state index >= 15 is 0 Å². The van der Waals surface area contributed by atoms with Crippen LogP contribution in [0.25, 0.3) is 0 Å². The number of phosphoric ester groups is 1. The monoisotopic (exact) mass is 1080 g/mol. The van der Waals surface area contributed by atoms with E-state index in [4.69, 9.17) is 23.3 Å². The standard InChI is InChI=1S/C64H105O11P/c1-4-7-10-13-16-19-22-25-28-29-30-31-34-35-38-41-44-47-50-53-62(66)71-57-61(75-64(68)55-52-49-46-43-40-37-33-27-24-21-18-15-12-9-6-3)59-73-76(69,70)72-58-60(56-65)74-63(67)54-51-48-45-42-39-36-32-26-23-20-17-14-11-8-5-2/h7,9-10,12,16,18-19,21,25,27-28,30-31,33,35,38,40,43,49,52,60-61,65H,4-6,8,11,13-15,17,20,22-24,26,29,32,34,36-37,39,41-42,44-48,50-51,53-59H2,1-3H3,(H,69,70)/b10-7-,12-9-,19-16-,21-18-,28-25-,31-30-,33-27-,38-35-,43-40-,52-49-.